The standard InChI is InChI=1S/C19H26N4S/c1-6-22-18(15-11-13(4)23(12(2)3)14(15)5)17(21-19(22)24)16-9-7-8-10-20-16/h7-12,17-18H,6H2,1-5H3,(H,21,24)/t17-,18-/m1/s1. The van der Waals surface area contributed by atoms with E-state index >= 15 is 0 Å². The Morgan fingerprint density at radius 2 is 2.04 bits per heavy atom. The van der Waals surface area contributed by atoms with Crippen LogP contribution in [0.4, 0.5) is 0 Å². The number of aromatic nitrogens is 2. The third-order valence-corrected chi connectivity index (χ3v) is 5.25. The molecule has 0 unspecified atom stereocenters. The molecule has 0 bridgehead atoms. The molecule has 1 saturated heterocycles. The summed E-state index contributed by atoms with van der Waals surface area (Å²) < 4.78 is 2.40. The van der Waals surface area contributed by atoms with E-state index in [1.165, 1.54) is 17.0 Å². The van der Waals surface area contributed by atoms with E-state index in [1.54, 1.807) is 0 Å². The first-order valence-electron chi connectivity index (χ1n) is 8.62. The summed E-state index contributed by atoms with van der Waals surface area (Å²) in [7, 11) is 0. The van der Waals surface area contributed by atoms with Gasteiger partial charge in [0.25, 0.3) is 0 Å². The molecule has 0 amide bonds. The van der Waals surface area contributed by atoms with Gasteiger partial charge in [-0.25, -0.2) is 0 Å². The number of rotatable bonds is 4. The van der Waals surface area contributed by atoms with Gasteiger partial charge in [-0.1, -0.05) is 6.07 Å². The van der Waals surface area contributed by atoms with Crippen molar-refractivity contribution < 1.29 is 0 Å². The van der Waals surface area contributed by atoms with E-state index in [0.717, 1.165) is 17.4 Å². The smallest absolute Gasteiger partial charge is 0.170 e. The minimum atomic E-state index is 0.0831. The van der Waals surface area contributed by atoms with E-state index in [-0.39, 0.29) is 12.1 Å². The van der Waals surface area contributed by atoms with Crippen molar-refractivity contribution in [3.8, 4) is 0 Å². The zero-order chi connectivity index (χ0) is 17.4. The molecule has 1 fully saturated rings. The molecule has 1 N–H and O–H groups in total. The van der Waals surface area contributed by atoms with Crippen molar-refractivity contribution >= 4 is 17.3 Å². The van der Waals surface area contributed by atoms with Gasteiger partial charge in [-0.3, -0.25) is 4.98 Å². The van der Waals surface area contributed by atoms with Gasteiger partial charge in [-0.2, -0.15) is 0 Å². The Labute approximate surface area is 149 Å². The van der Waals surface area contributed by atoms with Gasteiger partial charge in [-0.05, 0) is 70.6 Å². The second-order valence-corrected chi connectivity index (χ2v) is 7.09. The molecular formula is C19H26N4S. The van der Waals surface area contributed by atoms with Gasteiger partial charge in [0.2, 0.25) is 0 Å². The maximum atomic E-state index is 5.61. The molecule has 2 atom stereocenters. The van der Waals surface area contributed by atoms with Gasteiger partial charge in [-0.15, -0.1) is 0 Å². The second kappa shape index (κ2) is 6.55. The number of thiocarbonyl (C=S) groups is 1. The summed E-state index contributed by atoms with van der Waals surface area (Å²) in [5.41, 5.74) is 4.99. The topological polar surface area (TPSA) is 33.1 Å². The molecule has 24 heavy (non-hydrogen) atoms. The molecule has 0 saturated carbocycles. The van der Waals surface area contributed by atoms with Crippen molar-refractivity contribution in [1.29, 1.82) is 0 Å². The van der Waals surface area contributed by atoms with Gasteiger partial charge in [0.1, 0.15) is 0 Å². The Morgan fingerprint density at radius 3 is 2.58 bits per heavy atom. The summed E-state index contributed by atoms with van der Waals surface area (Å²) >= 11 is 5.61. The second-order valence-electron chi connectivity index (χ2n) is 6.70. The molecule has 5 heteroatoms. The van der Waals surface area contributed by atoms with Crippen molar-refractivity contribution in [3.63, 3.8) is 0 Å². The lowest BCUT2D eigenvalue weighted by molar-refractivity contribution is 0.329. The highest BCUT2D eigenvalue weighted by atomic mass is 32.1. The maximum Gasteiger partial charge on any atom is 0.170 e. The third-order valence-electron chi connectivity index (χ3n) is 4.90. The zero-order valence-corrected chi connectivity index (χ0v) is 15.9. The Kier molecular flexibility index (Phi) is 4.63. The Bertz CT molecular complexity index is 735. The average molecular weight is 343 g/mol. The van der Waals surface area contributed by atoms with Crippen LogP contribution in [0.1, 0.15) is 61.5 Å². The van der Waals surface area contributed by atoms with E-state index in [1.807, 2.05) is 18.3 Å². The fourth-order valence-corrected chi connectivity index (χ4v) is 4.35. The molecule has 128 valence electrons. The molecule has 3 heterocycles. The molecule has 0 radical (unpaired) electrons. The highest BCUT2D eigenvalue weighted by Gasteiger charge is 2.40. The minimum Gasteiger partial charge on any atom is -0.352 e. The predicted molar refractivity (Wildman–Crippen MR) is 102 cm³/mol. The molecule has 3 rings (SSSR count). The molecule has 0 aliphatic carbocycles. The van der Waals surface area contributed by atoms with Gasteiger partial charge < -0.3 is 14.8 Å². The Hall–Kier alpha value is -1.88. The number of pyridine rings is 1. The van der Waals surface area contributed by atoms with Crippen LogP contribution in [0.2, 0.25) is 0 Å². The van der Waals surface area contributed by atoms with E-state index < -0.39 is 0 Å². The third kappa shape index (κ3) is 2.71. The van der Waals surface area contributed by atoms with Crippen molar-refractivity contribution in [2.24, 2.45) is 0 Å². The van der Waals surface area contributed by atoms with Gasteiger partial charge >= 0.3 is 0 Å². The lowest BCUT2D eigenvalue weighted by Gasteiger charge is -2.27. The number of hydrogen-bond acceptors (Lipinski definition) is 2. The summed E-state index contributed by atoms with van der Waals surface area (Å²) in [6.07, 6.45) is 1.85. The maximum absolute atomic E-state index is 5.61. The SMILES string of the molecule is CCN1C(=S)N[C@H](c2ccccn2)[C@H]1c1cc(C)n(C(C)C)c1C. The van der Waals surface area contributed by atoms with Crippen LogP contribution < -0.4 is 5.32 Å². The number of hydrogen-bond donors (Lipinski definition) is 1. The number of aryl methyl sites for hydroxylation is 1. The van der Waals surface area contributed by atoms with Crippen LogP contribution in [0, 0.1) is 13.8 Å². The highest BCUT2D eigenvalue weighted by molar-refractivity contribution is 7.80. The van der Waals surface area contributed by atoms with E-state index in [9.17, 15) is 0 Å². The Morgan fingerprint density at radius 1 is 1.29 bits per heavy atom. The first-order chi connectivity index (χ1) is 11.5. The minimum absolute atomic E-state index is 0.0831. The number of nitrogens with zero attached hydrogens (tertiary/aromatic N) is 3. The van der Waals surface area contributed by atoms with Gasteiger partial charge in [0.05, 0.1) is 17.8 Å². The van der Waals surface area contributed by atoms with Crippen molar-refractivity contribution in [3.05, 3.63) is 53.1 Å². The quantitative estimate of drug-likeness (QED) is 0.849. The van der Waals surface area contributed by atoms with Crippen molar-refractivity contribution in [2.75, 3.05) is 6.54 Å². The average Bonchev–Trinajstić information content (AvgIpc) is 3.04. The van der Waals surface area contributed by atoms with Gasteiger partial charge in [0.15, 0.2) is 5.11 Å². The normalized spacial score (nSPS) is 20.8. The largest absolute Gasteiger partial charge is 0.352 e. The van der Waals surface area contributed by atoms with Crippen LogP contribution in [-0.4, -0.2) is 26.1 Å². The summed E-state index contributed by atoms with van der Waals surface area (Å²) in [6.45, 7) is 11.9. The molecule has 2 aromatic heterocycles. The van der Waals surface area contributed by atoms with Crippen LogP contribution in [-0.2, 0) is 0 Å². The fourth-order valence-electron chi connectivity index (χ4n) is 3.98. The van der Waals surface area contributed by atoms with Gasteiger partial charge in [0, 0.05) is 30.2 Å². The molecule has 1 aliphatic rings. The number of likely N-dealkylation sites (N-methyl/N-ethyl adjacent to an activating group) is 1. The first kappa shape index (κ1) is 17.0. The summed E-state index contributed by atoms with van der Waals surface area (Å²) in [4.78, 5) is 6.86. The predicted octanol–water partition coefficient (Wildman–Crippen LogP) is 4.07. The Balaban J connectivity index is 2.11. The lowest BCUT2D eigenvalue weighted by atomic mass is 9.97. The van der Waals surface area contributed by atoms with Crippen LogP contribution in [0.5, 0.6) is 0 Å². The molecular weight excluding hydrogens is 316 g/mol. The summed E-state index contributed by atoms with van der Waals surface area (Å²) in [6, 6.07) is 9.09. The van der Waals surface area contributed by atoms with Crippen LogP contribution in [0.3, 0.4) is 0 Å². The molecule has 0 spiro atoms. The monoisotopic (exact) mass is 342 g/mol. The fraction of sp³-hybridized carbons (Fsp3) is 0.474. The van der Waals surface area contributed by atoms with Crippen molar-refractivity contribution in [2.45, 2.75) is 52.7 Å². The molecule has 4 nitrogen and oxygen atoms in total. The van der Waals surface area contributed by atoms with Crippen LogP contribution >= 0.6 is 12.2 Å². The summed E-state index contributed by atoms with van der Waals surface area (Å²) in [5, 5.41) is 4.30. The molecule has 0 aromatic carbocycles. The highest BCUT2D eigenvalue weighted by Crippen LogP contribution is 2.41. The zero-order valence-electron chi connectivity index (χ0n) is 15.1. The summed E-state index contributed by atoms with van der Waals surface area (Å²) in [5.74, 6) is 0. The first-order valence-corrected chi connectivity index (χ1v) is 9.02. The number of nitrogens with one attached hydrogen (secondary N) is 1. The molecule has 1 aliphatic heterocycles. The van der Waals surface area contributed by atoms with E-state index in [0.29, 0.717) is 6.04 Å². The van der Waals surface area contributed by atoms with Crippen LogP contribution in [0.15, 0.2) is 30.5 Å². The van der Waals surface area contributed by atoms with Crippen molar-refractivity contribution in [1.82, 2.24) is 19.8 Å². The lowest BCUT2D eigenvalue weighted by Crippen LogP contribution is -2.29. The molecule has 2 aromatic rings. The van der Waals surface area contributed by atoms with E-state index in [2.05, 4.69) is 66.5 Å². The van der Waals surface area contributed by atoms with Crippen LogP contribution in [0.25, 0.3) is 0 Å². The van der Waals surface area contributed by atoms with E-state index in [4.69, 9.17) is 12.2 Å².